The SMILES string of the molecule is O=CNc1cc(Cl)c2ccc(-c3ccc(CN4CCNCC4)cc3)nn12. The summed E-state index contributed by atoms with van der Waals surface area (Å²) in [4.78, 5) is 13.2. The number of rotatable bonds is 5. The van der Waals surface area contributed by atoms with Crippen LogP contribution in [0.1, 0.15) is 5.56 Å². The van der Waals surface area contributed by atoms with Gasteiger partial charge in [-0.05, 0) is 17.7 Å². The lowest BCUT2D eigenvalue weighted by Gasteiger charge is -2.27. The zero-order chi connectivity index (χ0) is 17.9. The molecule has 4 rings (SSSR count). The maximum Gasteiger partial charge on any atom is 0.212 e. The Bertz CT molecular complexity index is 916. The van der Waals surface area contributed by atoms with Crippen LogP contribution in [0.4, 0.5) is 5.82 Å². The second-order valence-corrected chi connectivity index (χ2v) is 6.79. The van der Waals surface area contributed by atoms with Gasteiger partial charge in [-0.25, -0.2) is 4.52 Å². The first kappa shape index (κ1) is 17.0. The Morgan fingerprint density at radius 1 is 1.15 bits per heavy atom. The Kier molecular flexibility index (Phi) is 4.88. The van der Waals surface area contributed by atoms with E-state index in [4.69, 9.17) is 11.6 Å². The van der Waals surface area contributed by atoms with Crippen molar-refractivity contribution in [3.63, 3.8) is 0 Å². The molecule has 3 heterocycles. The fraction of sp³-hybridized carbons (Fsp3) is 0.263. The van der Waals surface area contributed by atoms with Crippen LogP contribution < -0.4 is 10.6 Å². The standard InChI is InChI=1S/C19H20ClN5O/c20-16-11-19(22-13-26)25-18(16)6-5-17(23-25)15-3-1-14(2-4-15)12-24-9-7-21-8-10-24/h1-6,11,13,21H,7-10,12H2,(H,22,26). The highest BCUT2D eigenvalue weighted by Gasteiger charge is 2.12. The summed E-state index contributed by atoms with van der Waals surface area (Å²) in [5.41, 5.74) is 3.91. The Labute approximate surface area is 156 Å². The Morgan fingerprint density at radius 3 is 2.65 bits per heavy atom. The average Bonchev–Trinajstić information content (AvgIpc) is 2.99. The molecule has 0 unspecified atom stereocenters. The van der Waals surface area contributed by atoms with E-state index in [0.717, 1.165) is 49.5 Å². The van der Waals surface area contributed by atoms with Gasteiger partial charge in [0.2, 0.25) is 6.41 Å². The molecule has 1 aliphatic rings. The van der Waals surface area contributed by atoms with E-state index >= 15 is 0 Å². The quantitative estimate of drug-likeness (QED) is 0.679. The Hall–Kier alpha value is -2.41. The Morgan fingerprint density at radius 2 is 1.92 bits per heavy atom. The van der Waals surface area contributed by atoms with E-state index < -0.39 is 0 Å². The van der Waals surface area contributed by atoms with Crippen molar-refractivity contribution in [1.82, 2.24) is 19.8 Å². The molecule has 0 saturated carbocycles. The third-order valence-corrected chi connectivity index (χ3v) is 4.95. The number of anilines is 1. The number of nitrogens with zero attached hydrogens (tertiary/aromatic N) is 3. The highest BCUT2D eigenvalue weighted by molar-refractivity contribution is 6.34. The molecule has 7 heteroatoms. The molecule has 1 aromatic carbocycles. The molecule has 0 spiro atoms. The number of amides is 1. The van der Waals surface area contributed by atoms with Gasteiger partial charge in [0.25, 0.3) is 0 Å². The maximum absolute atomic E-state index is 10.8. The summed E-state index contributed by atoms with van der Waals surface area (Å²) in [7, 11) is 0. The molecule has 1 fully saturated rings. The molecule has 2 aromatic heterocycles. The van der Waals surface area contributed by atoms with Gasteiger partial charge in [0.15, 0.2) is 0 Å². The molecule has 3 aromatic rings. The number of benzene rings is 1. The van der Waals surface area contributed by atoms with E-state index in [0.29, 0.717) is 17.3 Å². The fourth-order valence-corrected chi connectivity index (χ4v) is 3.51. The first-order valence-corrected chi connectivity index (χ1v) is 9.03. The molecule has 1 aliphatic heterocycles. The van der Waals surface area contributed by atoms with Crippen LogP contribution in [0.5, 0.6) is 0 Å². The predicted octanol–water partition coefficient (Wildman–Crippen LogP) is 2.63. The van der Waals surface area contributed by atoms with Crippen molar-refractivity contribution < 1.29 is 4.79 Å². The van der Waals surface area contributed by atoms with E-state index in [1.54, 1.807) is 10.6 Å². The van der Waals surface area contributed by atoms with Gasteiger partial charge in [0, 0.05) is 44.4 Å². The number of fused-ring (bicyclic) bond motifs is 1. The summed E-state index contributed by atoms with van der Waals surface area (Å²) < 4.78 is 1.65. The van der Waals surface area contributed by atoms with E-state index in [1.807, 2.05) is 12.1 Å². The van der Waals surface area contributed by atoms with Crippen molar-refractivity contribution in [2.75, 3.05) is 31.5 Å². The number of hydrogen-bond donors (Lipinski definition) is 2. The summed E-state index contributed by atoms with van der Waals surface area (Å²) in [5.74, 6) is 0.553. The van der Waals surface area contributed by atoms with Crippen LogP contribution in [0.25, 0.3) is 16.8 Å². The number of carbonyl (C=O) groups is 1. The summed E-state index contributed by atoms with van der Waals surface area (Å²) >= 11 is 6.20. The zero-order valence-corrected chi connectivity index (χ0v) is 15.0. The Balaban J connectivity index is 1.58. The minimum atomic E-state index is 0.553. The lowest BCUT2D eigenvalue weighted by atomic mass is 10.1. The van der Waals surface area contributed by atoms with Gasteiger partial charge in [0.05, 0.1) is 16.2 Å². The summed E-state index contributed by atoms with van der Waals surface area (Å²) in [6.07, 6.45) is 0.622. The van der Waals surface area contributed by atoms with Crippen LogP contribution in [0.2, 0.25) is 5.02 Å². The molecule has 0 aliphatic carbocycles. The molecular formula is C19H20ClN5O. The van der Waals surface area contributed by atoms with E-state index in [9.17, 15) is 4.79 Å². The number of carbonyl (C=O) groups excluding carboxylic acids is 1. The van der Waals surface area contributed by atoms with Crippen molar-refractivity contribution in [1.29, 1.82) is 0 Å². The molecule has 1 amide bonds. The third-order valence-electron chi connectivity index (χ3n) is 4.64. The van der Waals surface area contributed by atoms with Gasteiger partial charge in [0.1, 0.15) is 5.82 Å². The zero-order valence-electron chi connectivity index (χ0n) is 14.3. The summed E-state index contributed by atoms with van der Waals surface area (Å²) in [6, 6.07) is 14.0. The van der Waals surface area contributed by atoms with Crippen molar-refractivity contribution in [3.05, 3.63) is 53.1 Å². The normalized spacial score (nSPS) is 15.3. The molecule has 6 nitrogen and oxygen atoms in total. The van der Waals surface area contributed by atoms with Crippen LogP contribution in [-0.4, -0.2) is 47.1 Å². The van der Waals surface area contributed by atoms with Crippen LogP contribution >= 0.6 is 11.6 Å². The topological polar surface area (TPSA) is 61.7 Å². The molecule has 134 valence electrons. The van der Waals surface area contributed by atoms with Gasteiger partial charge in [-0.15, -0.1) is 0 Å². The summed E-state index contributed by atoms with van der Waals surface area (Å²) in [5, 5.41) is 11.2. The highest BCUT2D eigenvalue weighted by Crippen LogP contribution is 2.27. The van der Waals surface area contributed by atoms with Crippen molar-refractivity contribution in [2.24, 2.45) is 0 Å². The average molecular weight is 370 g/mol. The molecular weight excluding hydrogens is 350 g/mol. The van der Waals surface area contributed by atoms with E-state index in [2.05, 4.69) is 44.9 Å². The van der Waals surface area contributed by atoms with Crippen molar-refractivity contribution >= 4 is 29.3 Å². The number of piperazine rings is 1. The first-order valence-electron chi connectivity index (χ1n) is 8.65. The van der Waals surface area contributed by atoms with Crippen LogP contribution in [0.15, 0.2) is 42.5 Å². The third kappa shape index (κ3) is 3.44. The largest absolute Gasteiger partial charge is 0.314 e. The second kappa shape index (κ2) is 7.45. The highest BCUT2D eigenvalue weighted by atomic mass is 35.5. The first-order chi connectivity index (χ1) is 12.7. The van der Waals surface area contributed by atoms with Crippen LogP contribution in [0, 0.1) is 0 Å². The molecule has 0 radical (unpaired) electrons. The van der Waals surface area contributed by atoms with Gasteiger partial charge in [-0.2, -0.15) is 5.10 Å². The van der Waals surface area contributed by atoms with Crippen molar-refractivity contribution in [2.45, 2.75) is 6.54 Å². The fourth-order valence-electron chi connectivity index (χ4n) is 3.27. The molecule has 26 heavy (non-hydrogen) atoms. The lowest BCUT2D eigenvalue weighted by Crippen LogP contribution is -2.42. The van der Waals surface area contributed by atoms with Gasteiger partial charge < -0.3 is 10.6 Å². The smallest absolute Gasteiger partial charge is 0.212 e. The van der Waals surface area contributed by atoms with E-state index in [-0.39, 0.29) is 0 Å². The molecule has 0 bridgehead atoms. The molecule has 2 N–H and O–H groups in total. The number of aromatic nitrogens is 2. The van der Waals surface area contributed by atoms with Gasteiger partial charge >= 0.3 is 0 Å². The number of halogens is 1. The maximum atomic E-state index is 10.8. The monoisotopic (exact) mass is 369 g/mol. The van der Waals surface area contributed by atoms with Gasteiger partial charge in [-0.1, -0.05) is 35.9 Å². The second-order valence-electron chi connectivity index (χ2n) is 6.38. The van der Waals surface area contributed by atoms with Crippen molar-refractivity contribution in [3.8, 4) is 11.3 Å². The molecule has 0 atom stereocenters. The van der Waals surface area contributed by atoms with Crippen LogP contribution in [-0.2, 0) is 11.3 Å². The summed E-state index contributed by atoms with van der Waals surface area (Å²) in [6.45, 7) is 5.24. The van der Waals surface area contributed by atoms with E-state index in [1.165, 1.54) is 5.56 Å². The number of hydrogen-bond acceptors (Lipinski definition) is 4. The minimum absolute atomic E-state index is 0.553. The van der Waals surface area contributed by atoms with Gasteiger partial charge in [-0.3, -0.25) is 9.69 Å². The van der Waals surface area contributed by atoms with Crippen LogP contribution in [0.3, 0.4) is 0 Å². The lowest BCUT2D eigenvalue weighted by molar-refractivity contribution is -0.105. The number of nitrogens with one attached hydrogen (secondary N) is 2. The minimum Gasteiger partial charge on any atom is -0.314 e. The molecule has 1 saturated heterocycles. The predicted molar refractivity (Wildman–Crippen MR) is 103 cm³/mol.